The molecule has 0 aromatic heterocycles. The van der Waals surface area contributed by atoms with Crippen LogP contribution in [0.3, 0.4) is 0 Å². The summed E-state index contributed by atoms with van der Waals surface area (Å²) in [6, 6.07) is 16.7. The normalized spacial score (nSPS) is 61.0. The molecule has 10 aliphatic carbocycles. The van der Waals surface area contributed by atoms with E-state index in [1.54, 1.807) is 0 Å². The summed E-state index contributed by atoms with van der Waals surface area (Å²) in [5.74, 6) is -4.34. The Morgan fingerprint density at radius 1 is 0.435 bits per heavy atom. The Bertz CT molecular complexity index is 1580. The number of hydrogen-bond acceptors (Lipinski definition) is 0. The van der Waals surface area contributed by atoms with Crippen LogP contribution in [0.2, 0.25) is 0 Å². The van der Waals surface area contributed by atoms with Crippen LogP contribution in [0.1, 0.15) is 99.3 Å². The highest BCUT2D eigenvalue weighted by Crippen LogP contribution is 3.05. The van der Waals surface area contributed by atoms with Gasteiger partial charge >= 0.3 is 12.4 Å². The molecule has 46 heavy (non-hydrogen) atoms. The van der Waals surface area contributed by atoms with Crippen molar-refractivity contribution in [2.24, 2.45) is 79.8 Å². The third-order valence-electron chi connectivity index (χ3n) is 20.0. The van der Waals surface area contributed by atoms with E-state index >= 15 is 26.3 Å². The van der Waals surface area contributed by atoms with E-state index in [-0.39, 0.29) is 47.3 Å². The minimum atomic E-state index is -4.88. The molecule has 0 aliphatic heterocycles. The molecule has 2 unspecified atom stereocenters. The van der Waals surface area contributed by atoms with Gasteiger partial charge in [0.1, 0.15) is 0 Å². The fraction of sp³-hybridized carbons (Fsp3) is 0.700. The van der Waals surface area contributed by atoms with E-state index in [1.165, 1.54) is 22.3 Å². The summed E-state index contributed by atoms with van der Waals surface area (Å²) >= 11 is 0. The van der Waals surface area contributed by atoms with Crippen molar-refractivity contribution >= 4 is 0 Å². The smallest absolute Gasteiger partial charge is 0.170 e. The van der Waals surface area contributed by atoms with Gasteiger partial charge in [-0.2, -0.15) is 26.3 Å². The van der Waals surface area contributed by atoms with Crippen LogP contribution in [-0.4, -0.2) is 12.4 Å². The predicted octanol–water partition coefficient (Wildman–Crippen LogP) is 10.5. The van der Waals surface area contributed by atoms with Crippen molar-refractivity contribution < 1.29 is 26.3 Å². The van der Waals surface area contributed by atoms with Crippen molar-refractivity contribution in [3.05, 3.63) is 70.8 Å². The predicted molar refractivity (Wildman–Crippen MR) is 160 cm³/mol. The van der Waals surface area contributed by atoms with Crippen LogP contribution in [-0.2, 0) is 0 Å². The summed E-state index contributed by atoms with van der Waals surface area (Å²) in [4.78, 5) is 0. The molecular weight excluding hydrogens is 594 g/mol. The van der Waals surface area contributed by atoms with Gasteiger partial charge in [0.05, 0.1) is 10.8 Å². The Balaban J connectivity index is 1.09. The van der Waals surface area contributed by atoms with Crippen molar-refractivity contribution in [1.29, 1.82) is 0 Å². The van der Waals surface area contributed by atoms with Crippen LogP contribution in [0.25, 0.3) is 0 Å². The molecule has 8 bridgehead atoms. The second-order valence-corrected chi connectivity index (χ2v) is 18.8. The zero-order valence-electron chi connectivity index (χ0n) is 26.6. The molecule has 2 aromatic carbocycles. The molecule has 18 atom stereocenters. The number of rotatable bonds is 0. The maximum Gasteiger partial charge on any atom is 0.395 e. The van der Waals surface area contributed by atoms with Gasteiger partial charge in [0.2, 0.25) is 0 Å². The maximum absolute atomic E-state index is 16.4. The highest BCUT2D eigenvalue weighted by molar-refractivity contribution is 5.56. The van der Waals surface area contributed by atoms with Gasteiger partial charge in [-0.15, -0.1) is 0 Å². The zero-order chi connectivity index (χ0) is 31.7. The molecule has 0 radical (unpaired) electrons. The van der Waals surface area contributed by atoms with Gasteiger partial charge in [-0.3, -0.25) is 0 Å². The van der Waals surface area contributed by atoms with E-state index in [2.05, 4.69) is 52.0 Å². The monoisotopic (exact) mass is 634 g/mol. The van der Waals surface area contributed by atoms with Gasteiger partial charge in [-0.1, -0.05) is 76.2 Å². The molecule has 0 spiro atoms. The minimum absolute atomic E-state index is 0.139. The average molecular weight is 635 g/mol. The lowest BCUT2D eigenvalue weighted by Gasteiger charge is -2.87. The summed E-state index contributed by atoms with van der Waals surface area (Å²) in [5, 5.41) is 0. The maximum atomic E-state index is 16.4. The second-order valence-electron chi connectivity index (χ2n) is 18.8. The average Bonchev–Trinajstić information content (AvgIpc) is 3.82. The van der Waals surface area contributed by atoms with Crippen molar-refractivity contribution in [2.45, 2.75) is 89.4 Å². The first-order valence-corrected chi connectivity index (χ1v) is 17.9. The Hall–Kier alpha value is -1.98. The number of halogens is 6. The Morgan fingerprint density at radius 2 is 0.674 bits per heavy atom. The first-order chi connectivity index (χ1) is 21.6. The third kappa shape index (κ3) is 1.90. The number of hydrogen-bond donors (Lipinski definition) is 0. The number of alkyl halides is 6. The van der Waals surface area contributed by atoms with E-state index < -0.39 is 68.5 Å². The van der Waals surface area contributed by atoms with Gasteiger partial charge < -0.3 is 0 Å². The quantitative estimate of drug-likeness (QED) is 0.200. The fourth-order valence-electron chi connectivity index (χ4n) is 19.3. The highest BCUT2D eigenvalue weighted by atomic mass is 19.4. The van der Waals surface area contributed by atoms with Crippen LogP contribution < -0.4 is 0 Å². The Morgan fingerprint density at radius 3 is 0.891 bits per heavy atom. The lowest BCUT2D eigenvalue weighted by molar-refractivity contribution is -0.549. The summed E-state index contributed by atoms with van der Waals surface area (Å²) in [5.41, 5.74) is -1.87. The van der Waals surface area contributed by atoms with Crippen molar-refractivity contribution in [3.8, 4) is 0 Å². The molecule has 6 heteroatoms. The molecule has 0 saturated heterocycles. The van der Waals surface area contributed by atoms with Crippen LogP contribution >= 0.6 is 0 Å². The van der Waals surface area contributed by atoms with Crippen molar-refractivity contribution in [3.63, 3.8) is 0 Å². The van der Waals surface area contributed by atoms with E-state index in [0.29, 0.717) is 12.8 Å². The van der Waals surface area contributed by atoms with Gasteiger partial charge in [0.25, 0.3) is 0 Å². The molecule has 12 rings (SSSR count). The molecule has 242 valence electrons. The van der Waals surface area contributed by atoms with Gasteiger partial charge in [-0.05, 0) is 141 Å². The molecule has 8 saturated carbocycles. The van der Waals surface area contributed by atoms with E-state index in [4.69, 9.17) is 0 Å². The van der Waals surface area contributed by atoms with Gasteiger partial charge in [0, 0.05) is 0 Å². The van der Waals surface area contributed by atoms with Gasteiger partial charge in [0.15, 0.2) is 0 Å². The first kappa shape index (κ1) is 26.9. The SMILES string of the molecule is C[C@@]12[C@@H]3C[C@@H]([C@@H]4[C@H]3C3(C(F)(F)F)[C@@H]5[C@@H]([C@@H]6C[C@H]5[C@]5(C)[C@H]7C[C@H](c8ccccc87)[C@]65C)C43C(F)(F)F)[C@]1(C)[C@@H]1C[C@H]2c2ccccc21. The van der Waals surface area contributed by atoms with E-state index in [9.17, 15) is 0 Å². The summed E-state index contributed by atoms with van der Waals surface area (Å²) in [7, 11) is 0. The summed E-state index contributed by atoms with van der Waals surface area (Å²) < 4.78 is 98.2. The topological polar surface area (TPSA) is 0 Å². The molecule has 0 amide bonds. The minimum Gasteiger partial charge on any atom is -0.170 e. The van der Waals surface area contributed by atoms with E-state index in [1.807, 2.05) is 24.3 Å². The Kier molecular flexibility index (Phi) is 3.95. The zero-order valence-corrected chi connectivity index (χ0v) is 26.6. The van der Waals surface area contributed by atoms with Crippen LogP contribution in [0.15, 0.2) is 48.5 Å². The van der Waals surface area contributed by atoms with Crippen LogP contribution in [0.4, 0.5) is 26.3 Å². The molecular formula is C40H40F6. The largest absolute Gasteiger partial charge is 0.395 e. The lowest BCUT2D eigenvalue weighted by atomic mass is 9.15. The van der Waals surface area contributed by atoms with Crippen molar-refractivity contribution in [2.75, 3.05) is 0 Å². The molecule has 8 fully saturated rings. The molecule has 0 nitrogen and oxygen atoms in total. The highest BCUT2D eigenvalue weighted by Gasteiger charge is 3.07. The second kappa shape index (κ2) is 6.76. The first-order valence-electron chi connectivity index (χ1n) is 17.9. The van der Waals surface area contributed by atoms with Crippen LogP contribution in [0.5, 0.6) is 0 Å². The molecule has 0 N–H and O–H groups in total. The van der Waals surface area contributed by atoms with Gasteiger partial charge in [-0.25, -0.2) is 0 Å². The molecule has 10 aliphatic rings. The number of benzene rings is 2. The third-order valence-corrected chi connectivity index (χ3v) is 20.0. The molecule has 2 aromatic rings. The lowest BCUT2D eigenvalue weighted by Crippen LogP contribution is -2.92. The fourth-order valence-corrected chi connectivity index (χ4v) is 19.3. The van der Waals surface area contributed by atoms with Crippen molar-refractivity contribution in [1.82, 2.24) is 0 Å². The molecule has 0 heterocycles. The summed E-state index contributed by atoms with van der Waals surface area (Å²) in [6.07, 6.45) is -6.92. The Labute approximate surface area is 266 Å². The number of fused-ring (bicyclic) bond motifs is 35. The van der Waals surface area contributed by atoms with E-state index in [0.717, 1.165) is 12.8 Å². The standard InChI is InChI=1S/C40H40F6/c1-33-21-13-22(18-10-6-5-9-17(18)21)34(33,2)26-15-25(33)29-30(26)38(40(44,45)46)32-28-16-27(31(32)37(29,38)39(41,42)43)35(3)23-14-24(36(28,35)4)20-12-8-7-11-19(20)23/h5-12,21-32H,13-16H2,1-4H3/t21-,22+,23-,24+,25+,26-,27+,28-,29-,30+,31-,32+,33-,34+,35+,36-,37?,38?. The van der Waals surface area contributed by atoms with Crippen LogP contribution in [0, 0.1) is 79.8 Å². The summed E-state index contributed by atoms with van der Waals surface area (Å²) in [6.45, 7) is 8.87.